The van der Waals surface area contributed by atoms with Gasteiger partial charge in [0.05, 0.1) is 6.10 Å². The van der Waals surface area contributed by atoms with Crippen LogP contribution >= 0.6 is 11.6 Å². The Morgan fingerprint density at radius 1 is 1.44 bits per heavy atom. The van der Waals surface area contributed by atoms with Gasteiger partial charge in [-0.05, 0) is 30.7 Å². The first-order valence-electron chi connectivity index (χ1n) is 5.80. The van der Waals surface area contributed by atoms with Crippen LogP contribution in [0.1, 0.15) is 17.0 Å². The van der Waals surface area contributed by atoms with Crippen LogP contribution in [0.2, 0.25) is 5.02 Å². The van der Waals surface area contributed by atoms with Crippen LogP contribution in [0.5, 0.6) is 0 Å². The van der Waals surface area contributed by atoms with Crippen molar-refractivity contribution in [3.63, 3.8) is 0 Å². The highest BCUT2D eigenvalue weighted by Crippen LogP contribution is 2.24. The lowest BCUT2D eigenvalue weighted by Crippen LogP contribution is -2.29. The molecule has 0 unspecified atom stereocenters. The third kappa shape index (κ3) is 1.98. The topological polar surface area (TPSA) is 53.7 Å². The Labute approximate surface area is 109 Å². The molecule has 3 rings (SSSR count). The molecule has 94 valence electrons. The molecule has 2 heterocycles. The highest BCUT2D eigenvalue weighted by molar-refractivity contribution is 6.31. The second-order valence-corrected chi connectivity index (χ2v) is 4.92. The fourth-order valence-electron chi connectivity index (χ4n) is 2.20. The lowest BCUT2D eigenvalue weighted by molar-refractivity contribution is 0.0736. The van der Waals surface area contributed by atoms with Gasteiger partial charge in [0, 0.05) is 23.5 Å². The van der Waals surface area contributed by atoms with Crippen LogP contribution in [0.3, 0.4) is 0 Å². The summed E-state index contributed by atoms with van der Waals surface area (Å²) in [7, 11) is 0. The molecule has 1 fully saturated rings. The normalized spacial score (nSPS) is 19.7. The summed E-state index contributed by atoms with van der Waals surface area (Å²) in [6.07, 6.45) is 0.199. The number of benzene rings is 1. The monoisotopic (exact) mass is 265 g/mol. The molecule has 2 aromatic rings. The Hall–Kier alpha value is -1.52. The summed E-state index contributed by atoms with van der Waals surface area (Å²) in [5.41, 5.74) is 0.641. The molecule has 0 spiro atoms. The van der Waals surface area contributed by atoms with Gasteiger partial charge in [-0.25, -0.2) is 0 Å². The summed E-state index contributed by atoms with van der Waals surface area (Å²) in [4.78, 5) is 13.7. The lowest BCUT2D eigenvalue weighted by atomic mass is 10.2. The van der Waals surface area contributed by atoms with Crippen LogP contribution in [0.4, 0.5) is 0 Å². The van der Waals surface area contributed by atoms with Gasteiger partial charge in [0.15, 0.2) is 5.76 Å². The van der Waals surface area contributed by atoms with Gasteiger partial charge in [-0.2, -0.15) is 0 Å². The van der Waals surface area contributed by atoms with E-state index in [9.17, 15) is 9.90 Å². The number of carbonyl (C=O) groups excluding carboxylic acids is 1. The molecule has 0 saturated carbocycles. The maximum absolute atomic E-state index is 12.1. The molecule has 0 bridgehead atoms. The average molecular weight is 266 g/mol. The first kappa shape index (κ1) is 11.6. The van der Waals surface area contributed by atoms with Crippen LogP contribution in [-0.2, 0) is 0 Å². The van der Waals surface area contributed by atoms with E-state index < -0.39 is 6.10 Å². The van der Waals surface area contributed by atoms with Gasteiger partial charge < -0.3 is 14.4 Å². The molecule has 1 aromatic carbocycles. The second kappa shape index (κ2) is 4.30. The smallest absolute Gasteiger partial charge is 0.289 e. The lowest BCUT2D eigenvalue weighted by Gasteiger charge is -2.12. The summed E-state index contributed by atoms with van der Waals surface area (Å²) >= 11 is 5.88. The average Bonchev–Trinajstić information content (AvgIpc) is 2.93. The minimum Gasteiger partial charge on any atom is -0.451 e. The van der Waals surface area contributed by atoms with E-state index in [1.807, 2.05) is 0 Å². The highest BCUT2D eigenvalue weighted by Gasteiger charge is 2.27. The summed E-state index contributed by atoms with van der Waals surface area (Å²) in [6, 6.07) is 6.92. The third-order valence-electron chi connectivity index (χ3n) is 3.14. The zero-order valence-corrected chi connectivity index (χ0v) is 10.4. The van der Waals surface area contributed by atoms with Gasteiger partial charge in [-0.3, -0.25) is 4.79 Å². The van der Waals surface area contributed by atoms with Gasteiger partial charge in [-0.15, -0.1) is 0 Å². The number of aliphatic hydroxyl groups is 1. The predicted molar refractivity (Wildman–Crippen MR) is 67.8 cm³/mol. The van der Waals surface area contributed by atoms with Crippen molar-refractivity contribution in [2.75, 3.05) is 13.1 Å². The number of hydrogen-bond acceptors (Lipinski definition) is 3. The van der Waals surface area contributed by atoms with Crippen molar-refractivity contribution < 1.29 is 14.3 Å². The summed E-state index contributed by atoms with van der Waals surface area (Å²) in [6.45, 7) is 0.939. The molecule has 1 aliphatic rings. The molecule has 1 atom stereocenters. The fraction of sp³-hybridized carbons (Fsp3) is 0.308. The minimum atomic E-state index is -0.423. The number of fused-ring (bicyclic) bond motifs is 1. The number of amides is 1. The van der Waals surface area contributed by atoms with Gasteiger partial charge >= 0.3 is 0 Å². The van der Waals surface area contributed by atoms with Crippen molar-refractivity contribution in [3.05, 3.63) is 35.0 Å². The second-order valence-electron chi connectivity index (χ2n) is 4.49. The Balaban J connectivity index is 1.92. The number of carbonyl (C=O) groups is 1. The van der Waals surface area contributed by atoms with E-state index in [4.69, 9.17) is 16.0 Å². The molecule has 0 aliphatic carbocycles. The number of furan rings is 1. The zero-order chi connectivity index (χ0) is 12.7. The molecular formula is C13H12ClNO3. The maximum Gasteiger partial charge on any atom is 0.289 e. The quantitative estimate of drug-likeness (QED) is 0.861. The summed E-state index contributed by atoms with van der Waals surface area (Å²) < 4.78 is 5.50. The standard InChI is InChI=1S/C13H12ClNO3/c14-9-1-2-11-8(5-9)6-12(18-11)13(17)15-4-3-10(16)7-15/h1-2,5-6,10,16H,3-4,7H2/t10-/m1/s1. The Morgan fingerprint density at radius 2 is 2.28 bits per heavy atom. The largest absolute Gasteiger partial charge is 0.451 e. The van der Waals surface area contributed by atoms with Crippen molar-refractivity contribution in [1.82, 2.24) is 4.90 Å². The van der Waals surface area contributed by atoms with E-state index in [2.05, 4.69) is 0 Å². The Morgan fingerprint density at radius 3 is 3.00 bits per heavy atom. The molecule has 1 saturated heterocycles. The molecule has 1 aromatic heterocycles. The molecule has 0 radical (unpaired) electrons. The van der Waals surface area contributed by atoms with Crippen LogP contribution in [0, 0.1) is 0 Å². The minimum absolute atomic E-state index is 0.182. The zero-order valence-electron chi connectivity index (χ0n) is 9.60. The van der Waals surface area contributed by atoms with Crippen molar-refractivity contribution in [1.29, 1.82) is 0 Å². The van der Waals surface area contributed by atoms with Crippen LogP contribution in [-0.4, -0.2) is 35.1 Å². The van der Waals surface area contributed by atoms with E-state index in [1.54, 1.807) is 29.2 Å². The number of hydrogen-bond donors (Lipinski definition) is 1. The SMILES string of the molecule is O=C(c1cc2cc(Cl)ccc2o1)N1CC[C@@H](O)C1. The number of β-amino-alcohol motifs (C(OH)–C–C–N with tert-alkyl or cyclic N) is 1. The maximum atomic E-state index is 12.1. The first-order chi connectivity index (χ1) is 8.63. The first-order valence-corrected chi connectivity index (χ1v) is 6.18. The van der Waals surface area contributed by atoms with E-state index >= 15 is 0 Å². The Bertz CT molecular complexity index is 607. The predicted octanol–water partition coefficient (Wildman–Crippen LogP) is 2.29. The van der Waals surface area contributed by atoms with E-state index in [-0.39, 0.29) is 5.91 Å². The van der Waals surface area contributed by atoms with Crippen molar-refractivity contribution >= 4 is 28.5 Å². The molecular weight excluding hydrogens is 254 g/mol. The van der Waals surface area contributed by atoms with E-state index in [0.29, 0.717) is 35.9 Å². The number of rotatable bonds is 1. The molecule has 1 aliphatic heterocycles. The van der Waals surface area contributed by atoms with Crippen LogP contribution < -0.4 is 0 Å². The molecule has 1 N–H and O–H groups in total. The van der Waals surface area contributed by atoms with Gasteiger partial charge in [0.1, 0.15) is 5.58 Å². The highest BCUT2D eigenvalue weighted by atomic mass is 35.5. The summed E-state index contributed by atoms with van der Waals surface area (Å²) in [5.74, 6) is 0.111. The van der Waals surface area contributed by atoms with E-state index in [0.717, 1.165) is 5.39 Å². The number of halogens is 1. The van der Waals surface area contributed by atoms with Crippen LogP contribution in [0.15, 0.2) is 28.7 Å². The molecule has 18 heavy (non-hydrogen) atoms. The summed E-state index contributed by atoms with van der Waals surface area (Å²) in [5, 5.41) is 10.9. The van der Waals surface area contributed by atoms with Gasteiger partial charge in [-0.1, -0.05) is 11.6 Å². The Kier molecular flexibility index (Phi) is 2.76. The number of likely N-dealkylation sites (tertiary alicyclic amines) is 1. The number of aliphatic hydroxyl groups excluding tert-OH is 1. The third-order valence-corrected chi connectivity index (χ3v) is 3.37. The van der Waals surface area contributed by atoms with Gasteiger partial charge in [0.25, 0.3) is 5.91 Å². The number of nitrogens with zero attached hydrogens (tertiary/aromatic N) is 1. The fourth-order valence-corrected chi connectivity index (χ4v) is 2.38. The van der Waals surface area contributed by atoms with Crippen molar-refractivity contribution in [3.8, 4) is 0 Å². The van der Waals surface area contributed by atoms with E-state index in [1.165, 1.54) is 0 Å². The molecule has 1 amide bonds. The molecule has 4 nitrogen and oxygen atoms in total. The van der Waals surface area contributed by atoms with Crippen LogP contribution in [0.25, 0.3) is 11.0 Å². The van der Waals surface area contributed by atoms with Gasteiger partial charge in [0.2, 0.25) is 0 Å². The van der Waals surface area contributed by atoms with Crippen molar-refractivity contribution in [2.45, 2.75) is 12.5 Å². The molecule has 5 heteroatoms. The van der Waals surface area contributed by atoms with Crippen molar-refractivity contribution in [2.24, 2.45) is 0 Å².